The van der Waals surface area contributed by atoms with E-state index in [1.807, 2.05) is 4.90 Å². The molecule has 108 valence electrons. The molecule has 19 heavy (non-hydrogen) atoms. The normalized spacial score (nSPS) is 31.9. The minimum absolute atomic E-state index is 0.00483. The summed E-state index contributed by atoms with van der Waals surface area (Å²) in [6, 6.07) is 0.563. The molecule has 0 aromatic heterocycles. The van der Waals surface area contributed by atoms with E-state index in [2.05, 4.69) is 17.6 Å². The number of nitrogens with zero attached hydrogens (tertiary/aromatic N) is 1. The van der Waals surface area contributed by atoms with E-state index in [0.717, 1.165) is 38.8 Å². The van der Waals surface area contributed by atoms with Gasteiger partial charge in [0.15, 0.2) is 0 Å². The van der Waals surface area contributed by atoms with Crippen molar-refractivity contribution in [1.82, 2.24) is 15.5 Å². The predicted octanol–water partition coefficient (Wildman–Crippen LogP) is 0.502. The van der Waals surface area contributed by atoms with Crippen molar-refractivity contribution in [2.24, 2.45) is 5.92 Å². The SMILES string of the molecule is CC(=O)NC1CCCN(C(=O)C2CCNC(C)C2)C1. The maximum Gasteiger partial charge on any atom is 0.225 e. The predicted molar refractivity (Wildman–Crippen MR) is 73.6 cm³/mol. The van der Waals surface area contributed by atoms with Gasteiger partial charge in [0, 0.05) is 38.0 Å². The molecule has 0 saturated carbocycles. The summed E-state index contributed by atoms with van der Waals surface area (Å²) >= 11 is 0. The Kier molecular flexibility index (Phi) is 4.80. The molecule has 0 aromatic carbocycles. The molecule has 0 spiro atoms. The third kappa shape index (κ3) is 3.93. The summed E-state index contributed by atoms with van der Waals surface area (Å²) in [5.74, 6) is 0.436. The number of piperidine rings is 2. The van der Waals surface area contributed by atoms with Crippen LogP contribution in [-0.2, 0) is 9.59 Å². The second kappa shape index (κ2) is 6.37. The van der Waals surface area contributed by atoms with E-state index in [0.29, 0.717) is 12.6 Å². The van der Waals surface area contributed by atoms with E-state index >= 15 is 0 Å². The van der Waals surface area contributed by atoms with Gasteiger partial charge < -0.3 is 15.5 Å². The standard InChI is InChI=1S/C14H25N3O2/c1-10-8-12(5-6-15-10)14(19)17-7-3-4-13(9-17)16-11(2)18/h10,12-13,15H,3-9H2,1-2H3,(H,16,18). The van der Waals surface area contributed by atoms with Crippen molar-refractivity contribution in [2.45, 2.75) is 51.6 Å². The molecule has 2 aliphatic heterocycles. The smallest absolute Gasteiger partial charge is 0.225 e. The van der Waals surface area contributed by atoms with Gasteiger partial charge in [0.25, 0.3) is 0 Å². The number of nitrogens with one attached hydrogen (secondary N) is 2. The third-order valence-electron chi connectivity index (χ3n) is 4.11. The fourth-order valence-corrected chi connectivity index (χ4v) is 3.20. The first kappa shape index (κ1) is 14.3. The molecular formula is C14H25N3O2. The first-order valence-corrected chi connectivity index (χ1v) is 7.35. The molecule has 2 amide bonds. The Bertz CT molecular complexity index is 346. The van der Waals surface area contributed by atoms with Gasteiger partial charge in [-0.3, -0.25) is 9.59 Å². The molecule has 2 heterocycles. The second-order valence-electron chi connectivity index (χ2n) is 5.90. The van der Waals surface area contributed by atoms with Crippen molar-refractivity contribution in [1.29, 1.82) is 0 Å². The van der Waals surface area contributed by atoms with Gasteiger partial charge in [0.2, 0.25) is 11.8 Å². The Labute approximate surface area is 115 Å². The van der Waals surface area contributed by atoms with Crippen LogP contribution in [0.2, 0.25) is 0 Å². The van der Waals surface area contributed by atoms with Crippen molar-refractivity contribution in [2.75, 3.05) is 19.6 Å². The van der Waals surface area contributed by atoms with E-state index < -0.39 is 0 Å². The minimum atomic E-state index is -0.00483. The lowest BCUT2D eigenvalue weighted by atomic mass is 9.91. The highest BCUT2D eigenvalue weighted by Crippen LogP contribution is 2.21. The summed E-state index contributed by atoms with van der Waals surface area (Å²) < 4.78 is 0. The zero-order valence-electron chi connectivity index (χ0n) is 11.9. The van der Waals surface area contributed by atoms with Crippen LogP contribution in [0, 0.1) is 5.92 Å². The Morgan fingerprint density at radius 1 is 1.32 bits per heavy atom. The van der Waals surface area contributed by atoms with Crippen LogP contribution in [-0.4, -0.2) is 48.4 Å². The quantitative estimate of drug-likeness (QED) is 0.766. The lowest BCUT2D eigenvalue weighted by Gasteiger charge is -2.37. The van der Waals surface area contributed by atoms with E-state index in [9.17, 15) is 9.59 Å². The van der Waals surface area contributed by atoms with E-state index in [4.69, 9.17) is 0 Å². The van der Waals surface area contributed by atoms with Gasteiger partial charge in [-0.15, -0.1) is 0 Å². The topological polar surface area (TPSA) is 61.4 Å². The van der Waals surface area contributed by atoms with Crippen molar-refractivity contribution in [3.63, 3.8) is 0 Å². The van der Waals surface area contributed by atoms with E-state index in [-0.39, 0.29) is 23.8 Å². The Hall–Kier alpha value is -1.10. The summed E-state index contributed by atoms with van der Waals surface area (Å²) in [7, 11) is 0. The highest BCUT2D eigenvalue weighted by Gasteiger charge is 2.31. The summed E-state index contributed by atoms with van der Waals surface area (Å²) in [5.41, 5.74) is 0. The molecule has 2 N–H and O–H groups in total. The molecule has 3 unspecified atom stereocenters. The van der Waals surface area contributed by atoms with Gasteiger partial charge in [-0.25, -0.2) is 0 Å². The maximum absolute atomic E-state index is 12.5. The third-order valence-corrected chi connectivity index (χ3v) is 4.11. The molecule has 0 aromatic rings. The van der Waals surface area contributed by atoms with Crippen LogP contribution < -0.4 is 10.6 Å². The van der Waals surface area contributed by atoms with Gasteiger partial charge >= 0.3 is 0 Å². The molecule has 2 saturated heterocycles. The van der Waals surface area contributed by atoms with Crippen molar-refractivity contribution >= 4 is 11.8 Å². The molecule has 5 heteroatoms. The number of likely N-dealkylation sites (tertiary alicyclic amines) is 1. The zero-order chi connectivity index (χ0) is 13.8. The van der Waals surface area contributed by atoms with Gasteiger partial charge in [-0.2, -0.15) is 0 Å². The number of hydrogen-bond acceptors (Lipinski definition) is 3. The Morgan fingerprint density at radius 2 is 2.11 bits per heavy atom. The summed E-state index contributed by atoms with van der Waals surface area (Å²) in [6.07, 6.45) is 3.83. The largest absolute Gasteiger partial charge is 0.352 e. The molecule has 3 atom stereocenters. The fraction of sp³-hybridized carbons (Fsp3) is 0.857. The number of carbonyl (C=O) groups excluding carboxylic acids is 2. The van der Waals surface area contributed by atoms with Crippen LogP contribution in [0.5, 0.6) is 0 Å². The minimum Gasteiger partial charge on any atom is -0.352 e. The van der Waals surface area contributed by atoms with Gasteiger partial charge in [0.05, 0.1) is 0 Å². The lowest BCUT2D eigenvalue weighted by molar-refractivity contribution is -0.138. The number of hydrogen-bond donors (Lipinski definition) is 2. The second-order valence-corrected chi connectivity index (χ2v) is 5.90. The summed E-state index contributed by atoms with van der Waals surface area (Å²) in [4.78, 5) is 25.6. The van der Waals surface area contributed by atoms with Crippen molar-refractivity contribution < 1.29 is 9.59 Å². The van der Waals surface area contributed by atoms with Gasteiger partial charge in [0.1, 0.15) is 0 Å². The van der Waals surface area contributed by atoms with Gasteiger partial charge in [-0.05, 0) is 39.2 Å². The highest BCUT2D eigenvalue weighted by atomic mass is 16.2. The average molecular weight is 267 g/mol. The fourth-order valence-electron chi connectivity index (χ4n) is 3.20. The molecule has 0 bridgehead atoms. The summed E-state index contributed by atoms with van der Waals surface area (Å²) in [6.45, 7) is 6.12. The van der Waals surface area contributed by atoms with Crippen LogP contribution in [0.15, 0.2) is 0 Å². The maximum atomic E-state index is 12.5. The first-order valence-electron chi connectivity index (χ1n) is 7.35. The van der Waals surface area contributed by atoms with E-state index in [1.54, 1.807) is 0 Å². The average Bonchev–Trinajstić information content (AvgIpc) is 2.37. The van der Waals surface area contributed by atoms with Crippen LogP contribution in [0.1, 0.15) is 39.5 Å². The molecule has 2 rings (SSSR count). The number of amides is 2. The molecule has 0 aliphatic carbocycles. The van der Waals surface area contributed by atoms with Crippen LogP contribution in [0.4, 0.5) is 0 Å². The number of carbonyl (C=O) groups is 2. The molecule has 0 radical (unpaired) electrons. The molecule has 5 nitrogen and oxygen atoms in total. The first-order chi connectivity index (χ1) is 9.06. The molecule has 2 aliphatic rings. The molecule has 2 fully saturated rings. The van der Waals surface area contributed by atoms with Gasteiger partial charge in [-0.1, -0.05) is 0 Å². The Balaban J connectivity index is 1.89. The monoisotopic (exact) mass is 267 g/mol. The lowest BCUT2D eigenvalue weighted by Crippen LogP contribution is -2.52. The summed E-state index contributed by atoms with van der Waals surface area (Å²) in [5, 5.41) is 6.31. The van der Waals surface area contributed by atoms with Crippen LogP contribution in [0.3, 0.4) is 0 Å². The highest BCUT2D eigenvalue weighted by molar-refractivity contribution is 5.79. The van der Waals surface area contributed by atoms with Crippen molar-refractivity contribution in [3.8, 4) is 0 Å². The molecular weight excluding hydrogens is 242 g/mol. The van der Waals surface area contributed by atoms with Crippen molar-refractivity contribution in [3.05, 3.63) is 0 Å². The zero-order valence-corrected chi connectivity index (χ0v) is 11.9. The Morgan fingerprint density at radius 3 is 2.79 bits per heavy atom. The van der Waals surface area contributed by atoms with Crippen LogP contribution >= 0.6 is 0 Å². The van der Waals surface area contributed by atoms with E-state index in [1.165, 1.54) is 6.92 Å². The number of rotatable bonds is 2. The van der Waals surface area contributed by atoms with Crippen LogP contribution in [0.25, 0.3) is 0 Å².